The summed E-state index contributed by atoms with van der Waals surface area (Å²) in [5.41, 5.74) is 4.46. The summed E-state index contributed by atoms with van der Waals surface area (Å²) >= 11 is 0. The standard InChI is InChI=1S/C14H14BN3O3/c19-14(18-4-3-10-6-16-17-13(10)7-18)9-1-2-12-11(5-9)8-21-15(12)20/h1-2,5-6,20H,3-4,7-8H2,(H,16,17). The highest BCUT2D eigenvalue weighted by atomic mass is 16.5. The number of aromatic amines is 1. The van der Waals surface area contributed by atoms with Crippen molar-refractivity contribution in [2.24, 2.45) is 0 Å². The second kappa shape index (κ2) is 4.72. The molecule has 4 rings (SSSR count). The van der Waals surface area contributed by atoms with Crippen LogP contribution in [0.5, 0.6) is 0 Å². The molecule has 0 saturated carbocycles. The number of nitrogens with one attached hydrogen (secondary N) is 1. The third kappa shape index (κ3) is 2.05. The van der Waals surface area contributed by atoms with Gasteiger partial charge in [0.1, 0.15) is 0 Å². The Morgan fingerprint density at radius 2 is 2.33 bits per heavy atom. The summed E-state index contributed by atoms with van der Waals surface area (Å²) in [6, 6.07) is 5.34. The molecule has 7 heteroatoms. The molecule has 6 nitrogen and oxygen atoms in total. The third-order valence-electron chi connectivity index (χ3n) is 4.15. The average Bonchev–Trinajstić information content (AvgIpc) is 3.12. The van der Waals surface area contributed by atoms with Crippen molar-refractivity contribution in [1.29, 1.82) is 0 Å². The summed E-state index contributed by atoms with van der Waals surface area (Å²) in [6.07, 6.45) is 2.65. The number of aromatic nitrogens is 2. The van der Waals surface area contributed by atoms with Gasteiger partial charge in [-0.2, -0.15) is 5.10 Å². The predicted octanol–water partition coefficient (Wildman–Crippen LogP) is -0.174. The normalized spacial score (nSPS) is 16.8. The van der Waals surface area contributed by atoms with Crippen LogP contribution < -0.4 is 5.46 Å². The van der Waals surface area contributed by atoms with Crippen molar-refractivity contribution in [3.8, 4) is 0 Å². The van der Waals surface area contributed by atoms with Crippen molar-refractivity contribution >= 4 is 18.5 Å². The first kappa shape index (κ1) is 12.6. The fourth-order valence-corrected chi connectivity index (χ4v) is 2.93. The minimum atomic E-state index is -0.869. The largest absolute Gasteiger partial charge is 0.491 e. The smallest absolute Gasteiger partial charge is 0.423 e. The van der Waals surface area contributed by atoms with Crippen molar-refractivity contribution in [3.63, 3.8) is 0 Å². The average molecular weight is 283 g/mol. The van der Waals surface area contributed by atoms with E-state index >= 15 is 0 Å². The molecule has 106 valence electrons. The monoisotopic (exact) mass is 283 g/mol. The van der Waals surface area contributed by atoms with Gasteiger partial charge in [-0.15, -0.1) is 0 Å². The predicted molar refractivity (Wildman–Crippen MR) is 75.9 cm³/mol. The highest BCUT2D eigenvalue weighted by Crippen LogP contribution is 2.19. The van der Waals surface area contributed by atoms with E-state index in [1.54, 1.807) is 12.1 Å². The lowest BCUT2D eigenvalue weighted by Gasteiger charge is -2.26. The third-order valence-corrected chi connectivity index (χ3v) is 4.15. The van der Waals surface area contributed by atoms with Crippen molar-refractivity contribution in [2.45, 2.75) is 19.6 Å². The van der Waals surface area contributed by atoms with Crippen LogP contribution in [-0.4, -0.2) is 39.7 Å². The second-order valence-corrected chi connectivity index (χ2v) is 5.43. The molecule has 0 atom stereocenters. The summed E-state index contributed by atoms with van der Waals surface area (Å²) in [7, 11) is -0.869. The number of hydrogen-bond donors (Lipinski definition) is 2. The van der Waals surface area contributed by atoms with Gasteiger partial charge >= 0.3 is 7.12 Å². The number of benzene rings is 1. The Hall–Kier alpha value is -2.12. The summed E-state index contributed by atoms with van der Waals surface area (Å²) in [6.45, 7) is 1.61. The summed E-state index contributed by atoms with van der Waals surface area (Å²) in [4.78, 5) is 14.4. The first-order valence-electron chi connectivity index (χ1n) is 6.95. The number of rotatable bonds is 1. The molecular formula is C14H14BN3O3. The molecule has 2 aromatic rings. The molecule has 0 spiro atoms. The molecule has 1 amide bonds. The number of nitrogens with zero attached hydrogens (tertiary/aromatic N) is 2. The highest BCUT2D eigenvalue weighted by Gasteiger charge is 2.29. The van der Waals surface area contributed by atoms with Crippen LogP contribution in [0.15, 0.2) is 24.4 Å². The van der Waals surface area contributed by atoms with Crippen LogP contribution in [0.1, 0.15) is 27.2 Å². The van der Waals surface area contributed by atoms with Gasteiger partial charge in [-0.25, -0.2) is 0 Å². The van der Waals surface area contributed by atoms with Crippen molar-refractivity contribution in [2.75, 3.05) is 6.54 Å². The van der Waals surface area contributed by atoms with Crippen molar-refractivity contribution in [1.82, 2.24) is 15.1 Å². The van der Waals surface area contributed by atoms with E-state index in [2.05, 4.69) is 10.2 Å². The highest BCUT2D eigenvalue weighted by molar-refractivity contribution is 6.61. The molecule has 2 aliphatic heterocycles. The van der Waals surface area contributed by atoms with Crippen LogP contribution >= 0.6 is 0 Å². The fourth-order valence-electron chi connectivity index (χ4n) is 2.93. The molecule has 0 bridgehead atoms. The van der Waals surface area contributed by atoms with Gasteiger partial charge in [0, 0.05) is 12.1 Å². The summed E-state index contributed by atoms with van der Waals surface area (Å²) in [5, 5.41) is 16.6. The number of H-pyrrole nitrogens is 1. The van der Waals surface area contributed by atoms with Crippen LogP contribution in [0.4, 0.5) is 0 Å². The Kier molecular flexibility index (Phi) is 2.83. The molecule has 0 aliphatic carbocycles. The number of hydrogen-bond acceptors (Lipinski definition) is 4. The number of carbonyl (C=O) groups is 1. The zero-order valence-corrected chi connectivity index (χ0v) is 11.4. The molecule has 2 aliphatic rings. The van der Waals surface area contributed by atoms with Crippen LogP contribution in [0.3, 0.4) is 0 Å². The lowest BCUT2D eigenvalue weighted by molar-refractivity contribution is 0.0732. The van der Waals surface area contributed by atoms with Gasteiger partial charge in [-0.05, 0) is 35.1 Å². The van der Waals surface area contributed by atoms with E-state index in [0.717, 1.165) is 23.1 Å². The molecule has 1 aromatic carbocycles. The minimum Gasteiger partial charge on any atom is -0.423 e. The molecule has 0 radical (unpaired) electrons. The van der Waals surface area contributed by atoms with E-state index in [9.17, 15) is 9.82 Å². The molecule has 0 unspecified atom stereocenters. The van der Waals surface area contributed by atoms with Gasteiger partial charge in [0.15, 0.2) is 0 Å². The van der Waals surface area contributed by atoms with E-state index in [-0.39, 0.29) is 5.91 Å². The summed E-state index contributed by atoms with van der Waals surface area (Å²) in [5.74, 6) is -0.000519. The molecule has 1 aromatic heterocycles. The lowest BCUT2D eigenvalue weighted by atomic mass is 9.79. The van der Waals surface area contributed by atoms with E-state index in [4.69, 9.17) is 4.65 Å². The zero-order chi connectivity index (χ0) is 14.4. The Morgan fingerprint density at radius 1 is 1.43 bits per heavy atom. The zero-order valence-electron chi connectivity index (χ0n) is 11.4. The maximum atomic E-state index is 12.6. The second-order valence-electron chi connectivity index (χ2n) is 5.43. The van der Waals surface area contributed by atoms with Crippen LogP contribution in [-0.2, 0) is 24.2 Å². The molecule has 3 heterocycles. The van der Waals surface area contributed by atoms with Gasteiger partial charge in [0.05, 0.1) is 25.0 Å². The Balaban J connectivity index is 1.59. The first-order valence-corrected chi connectivity index (χ1v) is 6.95. The molecular weight excluding hydrogens is 269 g/mol. The van der Waals surface area contributed by atoms with Crippen LogP contribution in [0, 0.1) is 0 Å². The maximum Gasteiger partial charge on any atom is 0.491 e. The van der Waals surface area contributed by atoms with E-state index < -0.39 is 7.12 Å². The van der Waals surface area contributed by atoms with Crippen LogP contribution in [0.25, 0.3) is 0 Å². The SMILES string of the molecule is O=C(c1ccc2c(c1)COB2O)N1CCc2cn[nH]c2C1. The van der Waals surface area contributed by atoms with Gasteiger partial charge in [0.2, 0.25) is 0 Å². The maximum absolute atomic E-state index is 12.6. The van der Waals surface area contributed by atoms with Gasteiger partial charge < -0.3 is 14.6 Å². The van der Waals surface area contributed by atoms with Gasteiger partial charge in [0.25, 0.3) is 5.91 Å². The van der Waals surface area contributed by atoms with E-state index in [1.165, 1.54) is 5.56 Å². The lowest BCUT2D eigenvalue weighted by Crippen LogP contribution is -2.36. The Bertz CT molecular complexity index is 715. The van der Waals surface area contributed by atoms with Crippen LogP contribution in [0.2, 0.25) is 0 Å². The number of carbonyl (C=O) groups excluding carboxylic acids is 1. The topological polar surface area (TPSA) is 78.5 Å². The number of amides is 1. The molecule has 0 saturated heterocycles. The Morgan fingerprint density at radius 3 is 3.24 bits per heavy atom. The molecule has 0 fully saturated rings. The van der Waals surface area contributed by atoms with Gasteiger partial charge in [-0.1, -0.05) is 6.07 Å². The number of fused-ring (bicyclic) bond motifs is 2. The van der Waals surface area contributed by atoms with E-state index in [1.807, 2.05) is 17.2 Å². The fraction of sp³-hybridized carbons (Fsp3) is 0.286. The van der Waals surface area contributed by atoms with Crippen molar-refractivity contribution < 1.29 is 14.5 Å². The summed E-state index contributed by atoms with van der Waals surface area (Å²) < 4.78 is 5.16. The first-order chi connectivity index (χ1) is 10.2. The quantitative estimate of drug-likeness (QED) is 0.712. The van der Waals surface area contributed by atoms with Crippen molar-refractivity contribution in [3.05, 3.63) is 46.8 Å². The van der Waals surface area contributed by atoms with Gasteiger partial charge in [-0.3, -0.25) is 9.89 Å². The molecule has 2 N–H and O–H groups in total. The van der Waals surface area contributed by atoms with E-state index in [0.29, 0.717) is 25.3 Å². The Labute approximate surface area is 121 Å². The molecule has 21 heavy (non-hydrogen) atoms. The minimum absolute atomic E-state index is 0.000519.